The van der Waals surface area contributed by atoms with E-state index in [1.165, 1.54) is 0 Å². The standard InChI is InChI=1S/C11H13IO2/c1-7(2)14-11-6-9(12)4-5-10(11)8(3)13/h4-7H,1-3H3. The predicted octanol–water partition coefficient (Wildman–Crippen LogP) is 3.28. The van der Waals surface area contributed by atoms with E-state index in [0.29, 0.717) is 11.3 Å². The molecule has 0 heterocycles. The van der Waals surface area contributed by atoms with Gasteiger partial charge >= 0.3 is 0 Å². The molecule has 2 nitrogen and oxygen atoms in total. The van der Waals surface area contributed by atoms with Gasteiger partial charge in [0.05, 0.1) is 11.7 Å². The number of halogens is 1. The van der Waals surface area contributed by atoms with Gasteiger partial charge in [0.1, 0.15) is 5.75 Å². The van der Waals surface area contributed by atoms with Crippen molar-refractivity contribution < 1.29 is 9.53 Å². The Hall–Kier alpha value is -0.580. The van der Waals surface area contributed by atoms with Crippen LogP contribution in [-0.4, -0.2) is 11.9 Å². The summed E-state index contributed by atoms with van der Waals surface area (Å²) in [4.78, 5) is 11.3. The fourth-order valence-electron chi connectivity index (χ4n) is 1.14. The van der Waals surface area contributed by atoms with E-state index in [2.05, 4.69) is 22.6 Å². The lowest BCUT2D eigenvalue weighted by Gasteiger charge is -2.12. The smallest absolute Gasteiger partial charge is 0.163 e. The van der Waals surface area contributed by atoms with Crippen LogP contribution in [0.15, 0.2) is 18.2 Å². The number of ketones is 1. The first-order chi connectivity index (χ1) is 6.50. The lowest BCUT2D eigenvalue weighted by atomic mass is 10.1. The van der Waals surface area contributed by atoms with Gasteiger partial charge in [-0.3, -0.25) is 4.79 Å². The van der Waals surface area contributed by atoms with Crippen LogP contribution in [0.3, 0.4) is 0 Å². The first-order valence-electron chi connectivity index (χ1n) is 4.48. The number of carbonyl (C=O) groups is 1. The maximum atomic E-state index is 11.3. The Balaban J connectivity index is 3.09. The molecule has 1 rings (SSSR count). The first-order valence-corrected chi connectivity index (χ1v) is 5.55. The summed E-state index contributed by atoms with van der Waals surface area (Å²) in [6, 6.07) is 5.60. The van der Waals surface area contributed by atoms with Crippen molar-refractivity contribution in [2.45, 2.75) is 26.9 Å². The number of rotatable bonds is 3. The minimum atomic E-state index is 0.0389. The second-order valence-corrected chi connectivity index (χ2v) is 4.61. The van der Waals surface area contributed by atoms with Gasteiger partial charge in [0.2, 0.25) is 0 Å². The fraction of sp³-hybridized carbons (Fsp3) is 0.364. The zero-order valence-corrected chi connectivity index (χ0v) is 10.7. The lowest BCUT2D eigenvalue weighted by molar-refractivity contribution is 0.101. The van der Waals surface area contributed by atoms with Crippen molar-refractivity contribution in [1.82, 2.24) is 0 Å². The summed E-state index contributed by atoms with van der Waals surface area (Å²) >= 11 is 2.20. The number of hydrogen-bond donors (Lipinski definition) is 0. The fourth-order valence-corrected chi connectivity index (χ4v) is 1.60. The quantitative estimate of drug-likeness (QED) is 0.633. The third kappa shape index (κ3) is 2.97. The molecule has 0 aliphatic carbocycles. The van der Waals surface area contributed by atoms with Gasteiger partial charge in [-0.1, -0.05) is 0 Å². The van der Waals surface area contributed by atoms with Gasteiger partial charge in [-0.05, 0) is 61.6 Å². The maximum absolute atomic E-state index is 11.3. The molecule has 0 amide bonds. The highest BCUT2D eigenvalue weighted by atomic mass is 127. The first kappa shape index (κ1) is 11.5. The van der Waals surface area contributed by atoms with Crippen LogP contribution in [-0.2, 0) is 0 Å². The Labute approximate surface area is 97.8 Å². The van der Waals surface area contributed by atoms with Crippen molar-refractivity contribution in [2.24, 2.45) is 0 Å². The van der Waals surface area contributed by atoms with Crippen molar-refractivity contribution in [1.29, 1.82) is 0 Å². The van der Waals surface area contributed by atoms with Crippen LogP contribution in [0, 0.1) is 3.57 Å². The Bertz CT molecular complexity index is 345. The van der Waals surface area contributed by atoms with Crippen LogP contribution in [0.4, 0.5) is 0 Å². The number of hydrogen-bond acceptors (Lipinski definition) is 2. The van der Waals surface area contributed by atoms with E-state index < -0.39 is 0 Å². The Morgan fingerprint density at radius 2 is 2.07 bits per heavy atom. The third-order valence-corrected chi connectivity index (χ3v) is 2.36. The molecule has 0 aliphatic heterocycles. The van der Waals surface area contributed by atoms with Crippen LogP contribution in [0.25, 0.3) is 0 Å². The molecule has 0 aromatic heterocycles. The largest absolute Gasteiger partial charge is 0.490 e. The molecule has 0 bridgehead atoms. The van der Waals surface area contributed by atoms with Crippen molar-refractivity contribution in [2.75, 3.05) is 0 Å². The highest BCUT2D eigenvalue weighted by Gasteiger charge is 2.09. The van der Waals surface area contributed by atoms with Crippen molar-refractivity contribution in [3.05, 3.63) is 27.3 Å². The summed E-state index contributed by atoms with van der Waals surface area (Å²) in [6.07, 6.45) is 0.0892. The molecule has 0 fully saturated rings. The zero-order chi connectivity index (χ0) is 10.7. The third-order valence-electron chi connectivity index (χ3n) is 1.69. The molecule has 3 heteroatoms. The van der Waals surface area contributed by atoms with Crippen LogP contribution in [0.5, 0.6) is 5.75 Å². The average molecular weight is 304 g/mol. The molecule has 76 valence electrons. The average Bonchev–Trinajstić information content (AvgIpc) is 2.01. The minimum Gasteiger partial charge on any atom is -0.490 e. The van der Waals surface area contributed by atoms with Gasteiger partial charge in [-0.25, -0.2) is 0 Å². The normalized spacial score (nSPS) is 10.4. The summed E-state index contributed by atoms with van der Waals surface area (Å²) in [5.41, 5.74) is 0.652. The van der Waals surface area contributed by atoms with Crippen LogP contribution in [0.1, 0.15) is 31.1 Å². The number of carbonyl (C=O) groups excluding carboxylic acids is 1. The van der Waals surface area contributed by atoms with Crippen LogP contribution in [0.2, 0.25) is 0 Å². The second-order valence-electron chi connectivity index (χ2n) is 3.36. The summed E-state index contributed by atoms with van der Waals surface area (Å²) in [5.74, 6) is 0.719. The minimum absolute atomic E-state index is 0.0389. The summed E-state index contributed by atoms with van der Waals surface area (Å²) in [6.45, 7) is 5.45. The Morgan fingerprint density at radius 3 is 2.57 bits per heavy atom. The SMILES string of the molecule is CC(=O)c1ccc(I)cc1OC(C)C. The van der Waals surface area contributed by atoms with Gasteiger partial charge < -0.3 is 4.74 Å². The molecule has 0 N–H and O–H groups in total. The van der Waals surface area contributed by atoms with E-state index in [1.54, 1.807) is 6.92 Å². The number of benzene rings is 1. The zero-order valence-electron chi connectivity index (χ0n) is 8.50. The molecule has 1 aromatic rings. The Kier molecular flexibility index (Phi) is 3.92. The maximum Gasteiger partial charge on any atom is 0.163 e. The van der Waals surface area contributed by atoms with E-state index in [9.17, 15) is 4.79 Å². The van der Waals surface area contributed by atoms with Crippen molar-refractivity contribution in [3.63, 3.8) is 0 Å². The number of ether oxygens (including phenoxy) is 1. The van der Waals surface area contributed by atoms with Crippen LogP contribution >= 0.6 is 22.6 Å². The molecule has 14 heavy (non-hydrogen) atoms. The molecule has 0 unspecified atom stereocenters. The van der Waals surface area contributed by atoms with Crippen molar-refractivity contribution in [3.8, 4) is 5.75 Å². The highest BCUT2D eigenvalue weighted by Crippen LogP contribution is 2.23. The van der Waals surface area contributed by atoms with Gasteiger partial charge in [-0.15, -0.1) is 0 Å². The summed E-state index contributed by atoms with van der Waals surface area (Å²) in [7, 11) is 0. The van der Waals surface area contributed by atoms with Gasteiger partial charge in [-0.2, -0.15) is 0 Å². The second kappa shape index (κ2) is 4.77. The topological polar surface area (TPSA) is 26.3 Å². The van der Waals surface area contributed by atoms with Crippen LogP contribution < -0.4 is 4.74 Å². The van der Waals surface area contributed by atoms with E-state index in [0.717, 1.165) is 3.57 Å². The summed E-state index contributed by atoms with van der Waals surface area (Å²) < 4.78 is 6.63. The molecule has 0 aliphatic rings. The molecule has 0 saturated carbocycles. The summed E-state index contributed by atoms with van der Waals surface area (Å²) in [5, 5.41) is 0. The monoisotopic (exact) mass is 304 g/mol. The van der Waals surface area contributed by atoms with Gasteiger partial charge in [0, 0.05) is 3.57 Å². The molecule has 0 saturated heterocycles. The molecule has 0 atom stereocenters. The van der Waals surface area contributed by atoms with E-state index in [4.69, 9.17) is 4.74 Å². The van der Waals surface area contributed by atoms with Gasteiger partial charge in [0.15, 0.2) is 5.78 Å². The lowest BCUT2D eigenvalue weighted by Crippen LogP contribution is -2.09. The Morgan fingerprint density at radius 1 is 1.43 bits per heavy atom. The van der Waals surface area contributed by atoms with E-state index in [1.807, 2.05) is 32.0 Å². The number of Topliss-reactive ketones (excluding diaryl/α,β-unsaturated/α-hetero) is 1. The van der Waals surface area contributed by atoms with Crippen molar-refractivity contribution >= 4 is 28.4 Å². The molecular formula is C11H13IO2. The highest BCUT2D eigenvalue weighted by molar-refractivity contribution is 14.1. The molecule has 1 aromatic carbocycles. The predicted molar refractivity (Wildman–Crippen MR) is 64.9 cm³/mol. The molecular weight excluding hydrogens is 291 g/mol. The van der Waals surface area contributed by atoms with E-state index >= 15 is 0 Å². The molecule has 0 spiro atoms. The molecule has 0 radical (unpaired) electrons. The van der Waals surface area contributed by atoms with E-state index in [-0.39, 0.29) is 11.9 Å². The van der Waals surface area contributed by atoms with Gasteiger partial charge in [0.25, 0.3) is 0 Å².